The van der Waals surface area contributed by atoms with Crippen molar-refractivity contribution >= 4 is 17.5 Å². The van der Waals surface area contributed by atoms with Crippen LogP contribution in [0.4, 0.5) is 0 Å². The molecule has 0 aromatic carbocycles. The average Bonchev–Trinajstić information content (AvgIpc) is 2.88. The minimum absolute atomic E-state index is 0.0460. The zero-order valence-corrected chi connectivity index (χ0v) is 17.4. The number of hydrogen-bond acceptors (Lipinski definition) is 5. The lowest BCUT2D eigenvalue weighted by atomic mass is 9.45. The van der Waals surface area contributed by atoms with Gasteiger partial charge < -0.3 is 9.84 Å². The van der Waals surface area contributed by atoms with Crippen LogP contribution in [-0.2, 0) is 19.1 Å². The molecule has 4 aliphatic carbocycles. The highest BCUT2D eigenvalue weighted by Crippen LogP contribution is 2.67. The molecule has 4 aliphatic rings. The lowest BCUT2D eigenvalue weighted by Crippen LogP contribution is -2.59. The van der Waals surface area contributed by atoms with Gasteiger partial charge >= 0.3 is 5.97 Å². The lowest BCUT2D eigenvalue weighted by molar-refractivity contribution is -0.173. The number of fused-ring (bicyclic) bond motifs is 5. The van der Waals surface area contributed by atoms with E-state index in [-0.39, 0.29) is 40.7 Å². The molecule has 0 radical (unpaired) electrons. The Morgan fingerprint density at radius 3 is 2.43 bits per heavy atom. The summed E-state index contributed by atoms with van der Waals surface area (Å²) in [6.07, 6.45) is 6.51. The molecule has 5 heteroatoms. The summed E-state index contributed by atoms with van der Waals surface area (Å²) in [5.41, 5.74) is -0.822. The van der Waals surface area contributed by atoms with Gasteiger partial charge in [0, 0.05) is 24.2 Å². The first-order chi connectivity index (χ1) is 13.0. The Labute approximate surface area is 166 Å². The van der Waals surface area contributed by atoms with Crippen LogP contribution >= 0.6 is 0 Å². The molecule has 0 heterocycles. The molecule has 1 N–H and O–H groups in total. The van der Waals surface area contributed by atoms with Crippen molar-refractivity contribution in [3.63, 3.8) is 0 Å². The summed E-state index contributed by atoms with van der Waals surface area (Å²) in [6.45, 7) is 7.20. The summed E-state index contributed by atoms with van der Waals surface area (Å²) in [4.78, 5) is 36.4. The smallest absolute Gasteiger partial charge is 0.302 e. The van der Waals surface area contributed by atoms with Crippen molar-refractivity contribution in [1.82, 2.24) is 0 Å². The minimum atomic E-state index is -1.22. The number of aliphatic hydroxyl groups is 1. The Morgan fingerprint density at radius 2 is 1.79 bits per heavy atom. The maximum Gasteiger partial charge on any atom is 0.302 e. The number of Topliss-reactive ketones (excluding diaryl/α,β-unsaturated/α-hetero) is 1. The quantitative estimate of drug-likeness (QED) is 0.734. The van der Waals surface area contributed by atoms with Crippen LogP contribution in [0.5, 0.6) is 0 Å². The van der Waals surface area contributed by atoms with Gasteiger partial charge in [-0.1, -0.05) is 19.4 Å². The molecular weight excluding hydrogens is 356 g/mol. The monoisotopic (exact) mass is 388 g/mol. The molecule has 0 aliphatic heterocycles. The van der Waals surface area contributed by atoms with E-state index in [1.165, 1.54) is 13.8 Å². The van der Waals surface area contributed by atoms with Crippen LogP contribution < -0.4 is 0 Å². The van der Waals surface area contributed by atoms with Crippen LogP contribution in [0, 0.1) is 28.6 Å². The van der Waals surface area contributed by atoms with Crippen molar-refractivity contribution in [1.29, 1.82) is 0 Å². The second kappa shape index (κ2) is 6.25. The number of hydrogen-bond donors (Lipinski definition) is 1. The molecule has 0 bridgehead atoms. The van der Waals surface area contributed by atoms with Crippen molar-refractivity contribution in [2.24, 2.45) is 28.6 Å². The highest BCUT2D eigenvalue weighted by atomic mass is 16.5. The second-order valence-corrected chi connectivity index (χ2v) is 10.0. The Kier molecular flexibility index (Phi) is 4.42. The maximum atomic E-state index is 12.3. The van der Waals surface area contributed by atoms with Gasteiger partial charge in [0.05, 0.1) is 0 Å². The molecule has 0 amide bonds. The molecule has 28 heavy (non-hydrogen) atoms. The Morgan fingerprint density at radius 1 is 1.11 bits per heavy atom. The molecular formula is C23H32O5. The normalized spacial score (nSPS) is 47.5. The molecule has 4 rings (SSSR count). The number of carbonyl (C=O) groups is 3. The molecule has 0 aromatic heterocycles. The van der Waals surface area contributed by atoms with E-state index in [1.807, 2.05) is 0 Å². The molecule has 0 saturated heterocycles. The van der Waals surface area contributed by atoms with Gasteiger partial charge in [-0.05, 0) is 69.3 Å². The highest BCUT2D eigenvalue weighted by Gasteiger charge is 2.66. The van der Waals surface area contributed by atoms with E-state index >= 15 is 0 Å². The van der Waals surface area contributed by atoms with Gasteiger partial charge in [-0.3, -0.25) is 14.4 Å². The average molecular weight is 389 g/mol. The van der Waals surface area contributed by atoms with Gasteiger partial charge in [0.15, 0.2) is 11.6 Å². The Bertz CT molecular complexity index is 769. The van der Waals surface area contributed by atoms with Crippen LogP contribution in [0.2, 0.25) is 0 Å². The highest BCUT2D eigenvalue weighted by molar-refractivity contribution is 5.92. The predicted molar refractivity (Wildman–Crippen MR) is 103 cm³/mol. The van der Waals surface area contributed by atoms with Gasteiger partial charge in [0.2, 0.25) is 0 Å². The van der Waals surface area contributed by atoms with Crippen molar-refractivity contribution in [3.8, 4) is 0 Å². The minimum Gasteiger partial charge on any atom is -0.461 e. The molecule has 154 valence electrons. The van der Waals surface area contributed by atoms with E-state index in [1.54, 1.807) is 6.08 Å². The Hall–Kier alpha value is -1.49. The first-order valence-electron chi connectivity index (χ1n) is 10.7. The zero-order chi connectivity index (χ0) is 20.5. The third-order valence-corrected chi connectivity index (χ3v) is 9.08. The largest absolute Gasteiger partial charge is 0.461 e. The van der Waals surface area contributed by atoms with Gasteiger partial charge in [0.1, 0.15) is 11.7 Å². The van der Waals surface area contributed by atoms with E-state index in [0.29, 0.717) is 18.3 Å². The molecule has 3 fully saturated rings. The molecule has 1 unspecified atom stereocenters. The third-order valence-electron chi connectivity index (χ3n) is 9.08. The first kappa shape index (κ1) is 19.8. The molecule has 5 nitrogen and oxygen atoms in total. The standard InChI is InChI=1S/C23H32O5/c1-13(24)23(27)10-8-18-17-6-5-15-11-16(26)12-20(28-14(2)25)22(15,4)19(17)7-9-21(18,23)3/h11,17-20,27H,5-10,12H2,1-4H3/t17-,18+,19+,20?,21+,22+,23-/m1/s1. The number of ether oxygens (including phenoxy) is 1. The molecule has 7 atom stereocenters. The van der Waals surface area contributed by atoms with Crippen LogP contribution in [0.1, 0.15) is 72.6 Å². The maximum absolute atomic E-state index is 12.3. The van der Waals surface area contributed by atoms with E-state index < -0.39 is 11.7 Å². The number of ketones is 2. The van der Waals surface area contributed by atoms with Crippen molar-refractivity contribution in [2.75, 3.05) is 0 Å². The van der Waals surface area contributed by atoms with Gasteiger partial charge in [0.25, 0.3) is 0 Å². The van der Waals surface area contributed by atoms with Crippen LogP contribution in [-0.4, -0.2) is 34.3 Å². The molecule has 3 saturated carbocycles. The second-order valence-electron chi connectivity index (χ2n) is 10.0. The topological polar surface area (TPSA) is 80.7 Å². The number of carbonyl (C=O) groups excluding carboxylic acids is 3. The fourth-order valence-electron chi connectivity index (χ4n) is 7.54. The fraction of sp³-hybridized carbons (Fsp3) is 0.783. The Balaban J connectivity index is 1.72. The molecule has 0 spiro atoms. The first-order valence-corrected chi connectivity index (χ1v) is 10.7. The van der Waals surface area contributed by atoms with E-state index in [4.69, 9.17) is 4.74 Å². The van der Waals surface area contributed by atoms with Crippen molar-refractivity contribution < 1.29 is 24.2 Å². The summed E-state index contributed by atoms with van der Waals surface area (Å²) in [6, 6.07) is 0. The van der Waals surface area contributed by atoms with Crippen LogP contribution in [0.3, 0.4) is 0 Å². The summed E-state index contributed by atoms with van der Waals surface area (Å²) >= 11 is 0. The number of rotatable bonds is 2. The number of esters is 1. The summed E-state index contributed by atoms with van der Waals surface area (Å²) in [5.74, 6) is 0.561. The summed E-state index contributed by atoms with van der Waals surface area (Å²) in [7, 11) is 0. The third kappa shape index (κ3) is 2.44. The van der Waals surface area contributed by atoms with Gasteiger partial charge in [-0.2, -0.15) is 0 Å². The predicted octanol–water partition coefficient (Wildman–Crippen LogP) is 3.38. The van der Waals surface area contributed by atoms with Crippen LogP contribution in [0.15, 0.2) is 11.6 Å². The van der Waals surface area contributed by atoms with Gasteiger partial charge in [-0.15, -0.1) is 0 Å². The lowest BCUT2D eigenvalue weighted by Gasteiger charge is -2.60. The van der Waals surface area contributed by atoms with Crippen molar-refractivity contribution in [3.05, 3.63) is 11.6 Å². The SMILES string of the molecule is CC(=O)OC1CC(=O)C=C2CC[C@@H]3[C@@H]4CC[C@@](O)(C(C)=O)[C@@]4(C)CC[C@@H]3[C@]21C. The summed E-state index contributed by atoms with van der Waals surface area (Å²) < 4.78 is 5.69. The van der Waals surface area contributed by atoms with E-state index in [0.717, 1.165) is 37.7 Å². The molecule has 0 aromatic rings. The van der Waals surface area contributed by atoms with E-state index in [9.17, 15) is 19.5 Å². The van der Waals surface area contributed by atoms with E-state index in [2.05, 4.69) is 13.8 Å². The summed E-state index contributed by atoms with van der Waals surface area (Å²) in [5, 5.41) is 11.2. The van der Waals surface area contributed by atoms with Gasteiger partial charge in [-0.25, -0.2) is 0 Å². The zero-order valence-electron chi connectivity index (χ0n) is 17.4. The van der Waals surface area contributed by atoms with Crippen molar-refractivity contribution in [2.45, 2.75) is 84.3 Å². The van der Waals surface area contributed by atoms with Crippen LogP contribution in [0.25, 0.3) is 0 Å². The fourth-order valence-corrected chi connectivity index (χ4v) is 7.54.